The molecule has 2 amide bonds. The molecule has 6 nitrogen and oxygen atoms in total. The molecule has 9 heteroatoms. The number of nitrogens with one attached hydrogen (secondary N) is 3. The molecule has 0 saturated carbocycles. The van der Waals surface area contributed by atoms with E-state index in [0.29, 0.717) is 38.3 Å². The van der Waals surface area contributed by atoms with E-state index in [1.807, 2.05) is 61.7 Å². The minimum atomic E-state index is -0.541. The Morgan fingerprint density at radius 1 is 1.08 bits per heavy atom. The van der Waals surface area contributed by atoms with Gasteiger partial charge in [-0.3, -0.25) is 9.59 Å². The molecule has 3 N–H and O–H groups in total. The number of benzene rings is 2. The highest BCUT2D eigenvalue weighted by atomic mass is 35.5. The Morgan fingerprint density at radius 3 is 2.56 bits per heavy atom. The summed E-state index contributed by atoms with van der Waals surface area (Å²) in [6.07, 6.45) is 0. The molecule has 0 bridgehead atoms. The lowest BCUT2D eigenvalue weighted by molar-refractivity contribution is -0.114. The number of carbonyl (C=O) groups is 2. The molecule has 0 aliphatic carbocycles. The number of hydrogen-bond acceptors (Lipinski definition) is 6. The first-order chi connectivity index (χ1) is 17.4. The monoisotopic (exact) mass is 534 g/mol. The highest BCUT2D eigenvalue weighted by Gasteiger charge is 2.35. The number of hydrogen-bond donors (Lipinski definition) is 3. The number of nitriles is 1. The Balaban J connectivity index is 1.58. The smallest absolute Gasteiger partial charge is 0.254 e. The molecule has 1 atom stereocenters. The van der Waals surface area contributed by atoms with Gasteiger partial charge in [0.2, 0.25) is 5.91 Å². The zero-order chi connectivity index (χ0) is 25.7. The van der Waals surface area contributed by atoms with Crippen LogP contribution in [0.1, 0.15) is 23.3 Å². The molecule has 2 aromatic carbocycles. The van der Waals surface area contributed by atoms with E-state index in [2.05, 4.69) is 22.0 Å². The molecule has 2 heterocycles. The van der Waals surface area contributed by atoms with Crippen LogP contribution in [-0.4, -0.2) is 17.6 Å². The van der Waals surface area contributed by atoms with E-state index in [4.69, 9.17) is 11.6 Å². The van der Waals surface area contributed by atoms with Gasteiger partial charge in [-0.05, 0) is 55.1 Å². The first kappa shape index (κ1) is 25.6. The maximum absolute atomic E-state index is 13.4. The average molecular weight is 535 g/mol. The number of dihydropyridines is 1. The van der Waals surface area contributed by atoms with Crippen LogP contribution >= 0.6 is 34.7 Å². The summed E-state index contributed by atoms with van der Waals surface area (Å²) in [5, 5.41) is 22.2. The molecule has 0 fully saturated rings. The number of rotatable bonds is 7. The predicted molar refractivity (Wildman–Crippen MR) is 148 cm³/mol. The summed E-state index contributed by atoms with van der Waals surface area (Å²) in [5.74, 6) is -0.967. The lowest BCUT2D eigenvalue weighted by Gasteiger charge is -2.29. The molecular weight excluding hydrogens is 512 g/mol. The van der Waals surface area contributed by atoms with Gasteiger partial charge in [-0.2, -0.15) is 5.26 Å². The van der Waals surface area contributed by atoms with Gasteiger partial charge in [0.25, 0.3) is 5.91 Å². The maximum Gasteiger partial charge on any atom is 0.254 e. The third-order valence-electron chi connectivity index (χ3n) is 5.64. The fraction of sp³-hybridized carbons (Fsp3) is 0.148. The average Bonchev–Trinajstić information content (AvgIpc) is 3.40. The maximum atomic E-state index is 13.4. The molecular formula is C27H23ClN4O2S2. The Morgan fingerprint density at radius 2 is 1.86 bits per heavy atom. The van der Waals surface area contributed by atoms with Gasteiger partial charge < -0.3 is 16.0 Å². The molecule has 1 aliphatic heterocycles. The molecule has 0 radical (unpaired) electrons. The van der Waals surface area contributed by atoms with Gasteiger partial charge in [0.05, 0.1) is 28.3 Å². The SMILES string of the molecule is CC1=C(C(=O)Nc2ccccc2)C(c2cccs2)C(C#N)=C(SCC(=O)Nc2cccc(Cl)c2C)N1. The summed E-state index contributed by atoms with van der Waals surface area (Å²) < 4.78 is 0. The van der Waals surface area contributed by atoms with Crippen LogP contribution in [0, 0.1) is 18.3 Å². The van der Waals surface area contributed by atoms with Crippen LogP contribution < -0.4 is 16.0 Å². The highest BCUT2D eigenvalue weighted by molar-refractivity contribution is 8.03. The molecule has 182 valence electrons. The molecule has 4 rings (SSSR count). The van der Waals surface area contributed by atoms with E-state index in [-0.39, 0.29) is 17.6 Å². The van der Waals surface area contributed by atoms with Crippen molar-refractivity contribution in [1.82, 2.24) is 5.32 Å². The summed E-state index contributed by atoms with van der Waals surface area (Å²) in [5.41, 5.74) is 3.61. The topological polar surface area (TPSA) is 94.0 Å². The van der Waals surface area contributed by atoms with E-state index in [1.54, 1.807) is 18.2 Å². The predicted octanol–water partition coefficient (Wildman–Crippen LogP) is 6.42. The Hall–Kier alpha value is -3.51. The number of carbonyl (C=O) groups excluding carboxylic acids is 2. The first-order valence-electron chi connectivity index (χ1n) is 11.1. The summed E-state index contributed by atoms with van der Waals surface area (Å²) in [4.78, 5) is 26.9. The fourth-order valence-electron chi connectivity index (χ4n) is 3.85. The van der Waals surface area contributed by atoms with Crippen molar-refractivity contribution in [2.45, 2.75) is 19.8 Å². The normalized spacial score (nSPS) is 15.2. The minimum Gasteiger partial charge on any atom is -0.353 e. The first-order valence-corrected chi connectivity index (χ1v) is 13.3. The fourth-order valence-corrected chi connectivity index (χ4v) is 5.76. The van der Waals surface area contributed by atoms with E-state index >= 15 is 0 Å². The second kappa shape index (κ2) is 11.5. The van der Waals surface area contributed by atoms with Crippen molar-refractivity contribution in [1.29, 1.82) is 5.26 Å². The standard InChI is InChI=1S/C27H23ClN4O2S2/c1-16-20(28)10-6-11-21(16)32-23(33)15-36-27-19(14-29)25(22-12-7-13-35-22)24(17(2)30-27)26(34)31-18-8-4-3-5-9-18/h3-13,25,30H,15H2,1-2H3,(H,31,34)(H,32,33). The lowest BCUT2D eigenvalue weighted by atomic mass is 9.86. The van der Waals surface area contributed by atoms with Crippen LogP contribution in [0.25, 0.3) is 0 Å². The van der Waals surface area contributed by atoms with Gasteiger partial charge >= 0.3 is 0 Å². The van der Waals surface area contributed by atoms with Crippen molar-refractivity contribution in [2.75, 3.05) is 16.4 Å². The van der Waals surface area contributed by atoms with Gasteiger partial charge in [0.15, 0.2) is 0 Å². The van der Waals surface area contributed by atoms with Gasteiger partial charge in [-0.1, -0.05) is 53.7 Å². The van der Waals surface area contributed by atoms with E-state index in [1.165, 1.54) is 23.1 Å². The second-order valence-corrected chi connectivity index (χ2v) is 10.4. The number of halogens is 1. The van der Waals surface area contributed by atoms with Crippen molar-refractivity contribution in [2.24, 2.45) is 0 Å². The number of thioether (sulfide) groups is 1. The van der Waals surface area contributed by atoms with Gasteiger partial charge in [0, 0.05) is 32.5 Å². The number of anilines is 2. The van der Waals surface area contributed by atoms with Crippen LogP contribution in [0.5, 0.6) is 0 Å². The lowest BCUT2D eigenvalue weighted by Crippen LogP contribution is -2.30. The number of amides is 2. The number of thiophene rings is 1. The van der Waals surface area contributed by atoms with Crippen molar-refractivity contribution in [3.63, 3.8) is 0 Å². The van der Waals surface area contributed by atoms with Crippen molar-refractivity contribution < 1.29 is 9.59 Å². The number of nitrogens with zero attached hydrogens (tertiary/aromatic N) is 1. The molecule has 1 aromatic heterocycles. The van der Waals surface area contributed by atoms with Crippen molar-refractivity contribution in [3.05, 3.63) is 103 Å². The number of allylic oxidation sites excluding steroid dienone is 2. The van der Waals surface area contributed by atoms with Gasteiger partial charge in [-0.15, -0.1) is 11.3 Å². The summed E-state index contributed by atoms with van der Waals surface area (Å²) in [6.45, 7) is 3.65. The van der Waals surface area contributed by atoms with Crippen LogP contribution in [0.3, 0.4) is 0 Å². The largest absolute Gasteiger partial charge is 0.353 e. The van der Waals surface area contributed by atoms with E-state index < -0.39 is 5.92 Å². The number of para-hydroxylation sites is 1. The van der Waals surface area contributed by atoms with Crippen LogP contribution in [0.2, 0.25) is 5.02 Å². The summed E-state index contributed by atoms with van der Waals surface area (Å²) in [6, 6.07) is 20.6. The molecule has 36 heavy (non-hydrogen) atoms. The Kier molecular flexibility index (Phi) is 8.16. The van der Waals surface area contributed by atoms with Gasteiger partial charge in [0.1, 0.15) is 0 Å². The minimum absolute atomic E-state index is 0.0788. The zero-order valence-electron chi connectivity index (χ0n) is 19.6. The Bertz CT molecular complexity index is 1390. The molecule has 3 aromatic rings. The van der Waals surface area contributed by atoms with Crippen molar-refractivity contribution in [3.8, 4) is 6.07 Å². The Labute approximate surface area is 223 Å². The van der Waals surface area contributed by atoms with E-state index in [9.17, 15) is 14.9 Å². The molecule has 1 unspecified atom stereocenters. The van der Waals surface area contributed by atoms with Crippen molar-refractivity contribution >= 4 is 57.9 Å². The van der Waals surface area contributed by atoms with Crippen LogP contribution in [0.4, 0.5) is 11.4 Å². The van der Waals surface area contributed by atoms with Gasteiger partial charge in [-0.25, -0.2) is 0 Å². The molecule has 0 saturated heterocycles. The van der Waals surface area contributed by atoms with Crippen LogP contribution in [0.15, 0.2) is 87.9 Å². The highest BCUT2D eigenvalue weighted by Crippen LogP contribution is 2.42. The summed E-state index contributed by atoms with van der Waals surface area (Å²) in [7, 11) is 0. The molecule has 1 aliphatic rings. The molecule has 0 spiro atoms. The summed E-state index contributed by atoms with van der Waals surface area (Å²) >= 11 is 8.87. The zero-order valence-corrected chi connectivity index (χ0v) is 22.0. The second-order valence-electron chi connectivity index (χ2n) is 8.04. The third kappa shape index (κ3) is 5.65. The quantitative estimate of drug-likeness (QED) is 0.325. The third-order valence-corrected chi connectivity index (χ3v) is 8.00. The van der Waals surface area contributed by atoms with E-state index in [0.717, 1.165) is 10.4 Å². The van der Waals surface area contributed by atoms with Crippen LogP contribution in [-0.2, 0) is 9.59 Å².